The van der Waals surface area contributed by atoms with Crippen LogP contribution >= 0.6 is 12.2 Å². The van der Waals surface area contributed by atoms with Crippen LogP contribution in [0.2, 0.25) is 0 Å². The molecule has 7 nitrogen and oxygen atoms in total. The number of aryl methyl sites for hydroxylation is 1. The van der Waals surface area contributed by atoms with Crippen molar-refractivity contribution in [2.45, 2.75) is 13.0 Å². The summed E-state index contributed by atoms with van der Waals surface area (Å²) in [4.78, 5) is 11.8. The number of quaternary nitrogens is 1. The van der Waals surface area contributed by atoms with Crippen molar-refractivity contribution in [2.75, 3.05) is 38.2 Å². The van der Waals surface area contributed by atoms with E-state index in [4.69, 9.17) is 17.0 Å². The lowest BCUT2D eigenvalue weighted by Crippen LogP contribution is -3.14. The highest BCUT2D eigenvalue weighted by Crippen LogP contribution is 2.17. The fourth-order valence-electron chi connectivity index (χ4n) is 3.20. The van der Waals surface area contributed by atoms with Crippen molar-refractivity contribution in [1.29, 1.82) is 0 Å². The first-order valence-corrected chi connectivity index (χ1v) is 9.72. The number of hydrogen-bond donors (Lipinski definition) is 3. The van der Waals surface area contributed by atoms with Crippen molar-refractivity contribution >= 4 is 28.7 Å². The van der Waals surface area contributed by atoms with Crippen LogP contribution < -0.4 is 15.5 Å². The number of anilines is 1. The van der Waals surface area contributed by atoms with Crippen LogP contribution in [0.3, 0.4) is 0 Å². The van der Waals surface area contributed by atoms with E-state index in [0.717, 1.165) is 32.8 Å². The fraction of sp³-hybridized carbons (Fsp3) is 0.350. The van der Waals surface area contributed by atoms with Crippen LogP contribution in [0.1, 0.15) is 17.2 Å². The Hall–Kier alpha value is -2.55. The summed E-state index contributed by atoms with van der Waals surface area (Å²) >= 11 is 5.50. The van der Waals surface area contributed by atoms with Crippen LogP contribution in [0.25, 0.3) is 0 Å². The van der Waals surface area contributed by atoms with Gasteiger partial charge in [0.25, 0.3) is 5.69 Å². The minimum Gasteiger partial charge on any atom is -0.370 e. The van der Waals surface area contributed by atoms with Crippen LogP contribution in [0.4, 0.5) is 11.4 Å². The summed E-state index contributed by atoms with van der Waals surface area (Å²) in [6.45, 7) is 6.48. The van der Waals surface area contributed by atoms with Gasteiger partial charge in [-0.15, -0.1) is 0 Å². The molecule has 148 valence electrons. The Bertz CT molecular complexity index is 805. The van der Waals surface area contributed by atoms with Gasteiger partial charge in [-0.05, 0) is 36.8 Å². The molecule has 28 heavy (non-hydrogen) atoms. The molecule has 3 rings (SSSR count). The number of morpholine rings is 1. The number of nitrogens with zero attached hydrogens (tertiary/aromatic N) is 1. The van der Waals surface area contributed by atoms with Crippen molar-refractivity contribution in [3.8, 4) is 0 Å². The van der Waals surface area contributed by atoms with E-state index in [0.29, 0.717) is 10.8 Å². The molecule has 1 aliphatic rings. The van der Waals surface area contributed by atoms with Crippen LogP contribution in [-0.2, 0) is 4.74 Å². The first kappa shape index (κ1) is 20.2. The quantitative estimate of drug-likeness (QED) is 0.389. The molecule has 0 radical (unpaired) electrons. The average Bonchev–Trinajstić information content (AvgIpc) is 2.69. The maximum Gasteiger partial charge on any atom is 0.269 e. The van der Waals surface area contributed by atoms with Crippen molar-refractivity contribution in [2.24, 2.45) is 0 Å². The van der Waals surface area contributed by atoms with E-state index < -0.39 is 4.92 Å². The van der Waals surface area contributed by atoms with Gasteiger partial charge in [-0.2, -0.15) is 0 Å². The third-order valence-electron chi connectivity index (χ3n) is 4.81. The molecule has 1 saturated heterocycles. The van der Waals surface area contributed by atoms with Crippen LogP contribution in [0.15, 0.2) is 48.5 Å². The number of hydrogen-bond acceptors (Lipinski definition) is 4. The molecule has 2 aromatic carbocycles. The molecule has 0 saturated carbocycles. The highest BCUT2D eigenvalue weighted by molar-refractivity contribution is 7.80. The van der Waals surface area contributed by atoms with Gasteiger partial charge >= 0.3 is 0 Å². The van der Waals surface area contributed by atoms with Crippen molar-refractivity contribution in [3.05, 3.63) is 69.8 Å². The van der Waals surface area contributed by atoms with E-state index in [2.05, 4.69) is 41.8 Å². The Morgan fingerprint density at radius 2 is 1.82 bits per heavy atom. The highest BCUT2D eigenvalue weighted by atomic mass is 32.1. The lowest BCUT2D eigenvalue weighted by Gasteiger charge is -2.29. The Morgan fingerprint density at radius 1 is 1.18 bits per heavy atom. The van der Waals surface area contributed by atoms with Crippen LogP contribution in [0.5, 0.6) is 0 Å². The maximum absolute atomic E-state index is 10.8. The summed E-state index contributed by atoms with van der Waals surface area (Å²) < 4.78 is 5.46. The predicted octanol–water partition coefficient (Wildman–Crippen LogP) is 1.85. The smallest absolute Gasteiger partial charge is 0.269 e. The summed E-state index contributed by atoms with van der Waals surface area (Å²) in [5.41, 5.74) is 3.16. The lowest BCUT2D eigenvalue weighted by atomic mass is 10.0. The number of non-ortho nitro benzene ring substituents is 1. The van der Waals surface area contributed by atoms with Crippen LogP contribution in [-0.4, -0.2) is 42.9 Å². The number of nitrogens with one attached hydrogen (secondary N) is 3. The van der Waals surface area contributed by atoms with Gasteiger partial charge in [0.05, 0.1) is 18.1 Å². The third kappa shape index (κ3) is 5.72. The maximum atomic E-state index is 10.8. The second-order valence-corrected chi connectivity index (χ2v) is 7.34. The zero-order valence-corrected chi connectivity index (χ0v) is 16.6. The minimum absolute atomic E-state index is 0.0536. The molecule has 1 fully saturated rings. The fourth-order valence-corrected chi connectivity index (χ4v) is 3.46. The molecule has 0 bridgehead atoms. The molecule has 0 aliphatic carbocycles. The molecular weight excluding hydrogens is 376 g/mol. The molecule has 0 spiro atoms. The monoisotopic (exact) mass is 401 g/mol. The highest BCUT2D eigenvalue weighted by Gasteiger charge is 2.22. The predicted molar refractivity (Wildman–Crippen MR) is 113 cm³/mol. The largest absolute Gasteiger partial charge is 0.370 e. The number of rotatable bonds is 6. The van der Waals surface area contributed by atoms with Gasteiger partial charge < -0.3 is 20.3 Å². The Balaban J connectivity index is 1.67. The number of nitro benzene ring substituents is 1. The molecular formula is C20H25N4O3S+. The molecule has 1 aliphatic heterocycles. The lowest BCUT2D eigenvalue weighted by molar-refractivity contribution is -0.909. The van der Waals surface area contributed by atoms with Crippen molar-refractivity contribution in [1.82, 2.24) is 5.32 Å². The summed E-state index contributed by atoms with van der Waals surface area (Å²) in [5, 5.41) is 17.8. The van der Waals surface area contributed by atoms with Gasteiger partial charge in [0.2, 0.25) is 0 Å². The summed E-state index contributed by atoms with van der Waals surface area (Å²) in [6, 6.07) is 14.7. The number of ether oxygens (including phenoxy) is 1. The minimum atomic E-state index is -0.418. The first-order chi connectivity index (χ1) is 13.5. The molecule has 2 aromatic rings. The van der Waals surface area contributed by atoms with Gasteiger partial charge in [0.1, 0.15) is 25.7 Å². The molecule has 3 N–H and O–H groups in total. The second-order valence-electron chi connectivity index (χ2n) is 6.93. The van der Waals surface area contributed by atoms with E-state index >= 15 is 0 Å². The Kier molecular flexibility index (Phi) is 6.91. The molecule has 1 heterocycles. The Morgan fingerprint density at radius 3 is 2.43 bits per heavy atom. The van der Waals surface area contributed by atoms with Crippen LogP contribution in [0, 0.1) is 17.0 Å². The summed E-state index contributed by atoms with van der Waals surface area (Å²) in [6.07, 6.45) is 0. The molecule has 1 atom stereocenters. The standard InChI is InChI=1S/C20H24N4O3S/c1-15-2-4-16(5-3-15)19(14-23-10-12-27-13-11-23)22-20(28)21-17-6-8-18(9-7-17)24(25)26/h2-9,19H,10-14H2,1H3,(H2,21,22,28)/p+1/t19-/m0/s1. The summed E-state index contributed by atoms with van der Waals surface area (Å²) in [5.74, 6) is 0. The Labute approximate surface area is 169 Å². The van der Waals surface area contributed by atoms with E-state index in [1.54, 1.807) is 12.1 Å². The van der Waals surface area contributed by atoms with Gasteiger partial charge in [0.15, 0.2) is 5.11 Å². The van der Waals surface area contributed by atoms with E-state index in [1.807, 2.05) is 0 Å². The van der Waals surface area contributed by atoms with E-state index in [9.17, 15) is 10.1 Å². The van der Waals surface area contributed by atoms with Crippen molar-refractivity contribution in [3.63, 3.8) is 0 Å². The number of benzene rings is 2. The molecule has 0 unspecified atom stereocenters. The van der Waals surface area contributed by atoms with Gasteiger partial charge in [-0.1, -0.05) is 29.8 Å². The SMILES string of the molecule is Cc1ccc([C@H](C[NH+]2CCOCC2)NC(=S)Nc2ccc([N+](=O)[O-])cc2)cc1. The van der Waals surface area contributed by atoms with Gasteiger partial charge in [0, 0.05) is 17.8 Å². The third-order valence-corrected chi connectivity index (χ3v) is 5.03. The van der Waals surface area contributed by atoms with E-state index in [1.165, 1.54) is 28.2 Å². The normalized spacial score (nSPS) is 15.6. The van der Waals surface area contributed by atoms with E-state index in [-0.39, 0.29) is 11.7 Å². The van der Waals surface area contributed by atoms with Crippen molar-refractivity contribution < 1.29 is 14.6 Å². The zero-order valence-electron chi connectivity index (χ0n) is 15.8. The molecule has 0 aromatic heterocycles. The average molecular weight is 402 g/mol. The zero-order chi connectivity index (χ0) is 19.9. The topological polar surface area (TPSA) is 80.9 Å². The number of nitro groups is 1. The number of thiocarbonyl (C=S) groups is 1. The summed E-state index contributed by atoms with van der Waals surface area (Å²) in [7, 11) is 0. The van der Waals surface area contributed by atoms with Gasteiger partial charge in [-0.3, -0.25) is 10.1 Å². The molecule has 0 amide bonds. The molecule has 8 heteroatoms. The van der Waals surface area contributed by atoms with Gasteiger partial charge in [-0.25, -0.2) is 0 Å². The second kappa shape index (κ2) is 9.59. The first-order valence-electron chi connectivity index (χ1n) is 9.31.